The van der Waals surface area contributed by atoms with Crippen molar-refractivity contribution >= 4 is 27.7 Å². The number of phenols is 1. The summed E-state index contributed by atoms with van der Waals surface area (Å²) in [6, 6.07) is 15.3. The summed E-state index contributed by atoms with van der Waals surface area (Å²) in [7, 11) is 1.64. The van der Waals surface area contributed by atoms with E-state index in [9.17, 15) is 9.90 Å². The Bertz CT molecular complexity index is 1350. The Morgan fingerprint density at radius 1 is 1.09 bits per heavy atom. The summed E-state index contributed by atoms with van der Waals surface area (Å²) in [5.74, 6) is 0.982. The number of benzene rings is 3. The van der Waals surface area contributed by atoms with Gasteiger partial charge in [-0.15, -0.1) is 0 Å². The second-order valence-corrected chi connectivity index (χ2v) is 8.68. The van der Waals surface area contributed by atoms with Crippen LogP contribution in [0.1, 0.15) is 53.1 Å². The van der Waals surface area contributed by atoms with Gasteiger partial charge in [-0.3, -0.25) is 4.90 Å². The number of hydrogen-bond acceptors (Lipinski definition) is 6. The third kappa shape index (κ3) is 3.59. The van der Waals surface area contributed by atoms with E-state index in [1.54, 1.807) is 21.0 Å². The minimum Gasteiger partial charge on any atom is -0.507 e. The first-order valence-electron chi connectivity index (χ1n) is 11.8. The number of carbonyl (C=O) groups is 1. The van der Waals surface area contributed by atoms with E-state index in [1.165, 1.54) is 0 Å². The van der Waals surface area contributed by atoms with Crippen LogP contribution in [0.2, 0.25) is 0 Å². The van der Waals surface area contributed by atoms with Crippen LogP contribution in [0.25, 0.3) is 21.7 Å². The molecule has 1 atom stereocenters. The molecule has 1 aliphatic rings. The zero-order valence-corrected chi connectivity index (χ0v) is 19.8. The number of phenolic OH excluding ortho intramolecular Hbond substituents is 1. The third-order valence-electron chi connectivity index (χ3n) is 6.73. The Kier molecular flexibility index (Phi) is 5.92. The number of fused-ring (bicyclic) bond motifs is 3. The topological polar surface area (TPSA) is 72.1 Å². The number of nitrogens with zero attached hydrogens (tertiary/aromatic N) is 1. The van der Waals surface area contributed by atoms with Crippen LogP contribution in [0, 0.1) is 6.92 Å². The lowest BCUT2D eigenvalue weighted by Gasteiger charge is -2.30. The highest BCUT2D eigenvalue weighted by Crippen LogP contribution is 2.48. The van der Waals surface area contributed by atoms with Crippen molar-refractivity contribution in [2.75, 3.05) is 26.8 Å². The number of carbonyl (C=O) groups excluding carboxylic acids is 1. The van der Waals surface area contributed by atoms with Crippen LogP contribution in [0.4, 0.5) is 0 Å². The van der Waals surface area contributed by atoms with Gasteiger partial charge in [0.15, 0.2) is 0 Å². The fraction of sp³-hybridized carbons (Fsp3) is 0.321. The fourth-order valence-electron chi connectivity index (χ4n) is 5.20. The lowest BCUT2D eigenvalue weighted by molar-refractivity contribution is 0.0526. The maximum Gasteiger partial charge on any atom is 0.342 e. The quantitative estimate of drug-likeness (QED) is 0.358. The van der Waals surface area contributed by atoms with E-state index >= 15 is 0 Å². The summed E-state index contributed by atoms with van der Waals surface area (Å²) in [5.41, 5.74) is 2.68. The van der Waals surface area contributed by atoms with Gasteiger partial charge in [-0.05, 0) is 57.5 Å². The first-order chi connectivity index (χ1) is 16.5. The zero-order valence-electron chi connectivity index (χ0n) is 19.8. The van der Waals surface area contributed by atoms with Gasteiger partial charge in [0.25, 0.3) is 0 Å². The lowest BCUT2D eigenvalue weighted by Crippen LogP contribution is -2.27. The largest absolute Gasteiger partial charge is 0.507 e. The van der Waals surface area contributed by atoms with Gasteiger partial charge in [0.2, 0.25) is 0 Å². The van der Waals surface area contributed by atoms with Crippen molar-refractivity contribution in [3.8, 4) is 11.5 Å². The number of ether oxygens (including phenoxy) is 2. The van der Waals surface area contributed by atoms with Gasteiger partial charge in [-0.2, -0.15) is 0 Å². The summed E-state index contributed by atoms with van der Waals surface area (Å²) < 4.78 is 17.0. The summed E-state index contributed by atoms with van der Waals surface area (Å²) in [4.78, 5) is 15.5. The molecule has 3 aromatic carbocycles. The molecule has 176 valence electrons. The molecule has 0 spiro atoms. The van der Waals surface area contributed by atoms with E-state index in [4.69, 9.17) is 13.9 Å². The first kappa shape index (κ1) is 22.3. The van der Waals surface area contributed by atoms with Crippen LogP contribution < -0.4 is 4.74 Å². The molecule has 5 rings (SSSR count). The molecular formula is C28H29NO5. The molecule has 0 aliphatic carbocycles. The van der Waals surface area contributed by atoms with Crippen LogP contribution in [-0.2, 0) is 4.74 Å². The molecule has 1 N–H and O–H groups in total. The fourth-order valence-corrected chi connectivity index (χ4v) is 5.20. The number of hydrogen-bond donors (Lipinski definition) is 1. The molecule has 0 saturated carbocycles. The van der Waals surface area contributed by atoms with Gasteiger partial charge >= 0.3 is 5.97 Å². The van der Waals surface area contributed by atoms with Crippen LogP contribution in [-0.4, -0.2) is 42.8 Å². The van der Waals surface area contributed by atoms with Gasteiger partial charge in [-0.25, -0.2) is 4.79 Å². The van der Waals surface area contributed by atoms with Crippen molar-refractivity contribution in [3.63, 3.8) is 0 Å². The van der Waals surface area contributed by atoms with Crippen molar-refractivity contribution in [2.45, 2.75) is 32.7 Å². The molecule has 0 radical (unpaired) electrons. The van der Waals surface area contributed by atoms with E-state index in [2.05, 4.69) is 4.90 Å². The van der Waals surface area contributed by atoms with E-state index in [0.717, 1.165) is 42.6 Å². The summed E-state index contributed by atoms with van der Waals surface area (Å²) in [6.45, 7) is 5.62. The van der Waals surface area contributed by atoms with E-state index in [0.29, 0.717) is 33.2 Å². The van der Waals surface area contributed by atoms with Crippen molar-refractivity contribution in [3.05, 3.63) is 71.0 Å². The molecule has 1 fully saturated rings. The molecule has 0 bridgehead atoms. The minimum absolute atomic E-state index is 0.169. The van der Waals surface area contributed by atoms with E-state index < -0.39 is 5.97 Å². The molecule has 6 heteroatoms. The van der Waals surface area contributed by atoms with Crippen LogP contribution in [0.5, 0.6) is 11.5 Å². The Labute approximate surface area is 198 Å². The Balaban J connectivity index is 1.88. The molecule has 1 aliphatic heterocycles. The highest BCUT2D eigenvalue weighted by Gasteiger charge is 2.34. The molecule has 4 aromatic rings. The van der Waals surface area contributed by atoms with Crippen LogP contribution in [0.15, 0.2) is 52.9 Å². The van der Waals surface area contributed by atoms with Gasteiger partial charge in [0, 0.05) is 21.7 Å². The maximum absolute atomic E-state index is 13.1. The average Bonchev–Trinajstić information content (AvgIpc) is 3.50. The monoisotopic (exact) mass is 459 g/mol. The maximum atomic E-state index is 13.1. The van der Waals surface area contributed by atoms with E-state index in [1.807, 2.05) is 48.5 Å². The SMILES string of the molecule is CCOC(=O)c1c(C)oc2c1c([C@H](c1ccc(OC)cc1)N1CCCC1)c(O)c1ccccc12. The lowest BCUT2D eigenvalue weighted by atomic mass is 9.89. The van der Waals surface area contributed by atoms with Crippen molar-refractivity contribution in [1.29, 1.82) is 0 Å². The number of esters is 1. The predicted molar refractivity (Wildman–Crippen MR) is 132 cm³/mol. The standard InChI is InChI=1S/C28H29NO5/c1-4-33-28(31)22-17(2)34-27-21-10-6-5-9-20(21)26(30)24(23(22)27)25(29-15-7-8-16-29)18-11-13-19(32-3)14-12-18/h5-6,9-14,25,30H,4,7-8,15-16H2,1-3H3/t25-/m0/s1. The molecule has 0 amide bonds. The molecule has 34 heavy (non-hydrogen) atoms. The smallest absolute Gasteiger partial charge is 0.342 e. The number of aromatic hydroxyl groups is 1. The number of likely N-dealkylation sites (tertiary alicyclic amines) is 1. The summed E-state index contributed by atoms with van der Waals surface area (Å²) >= 11 is 0. The molecule has 0 unspecified atom stereocenters. The number of rotatable bonds is 6. The molecule has 2 heterocycles. The Morgan fingerprint density at radius 3 is 2.41 bits per heavy atom. The second kappa shape index (κ2) is 9.03. The molecule has 1 saturated heterocycles. The summed E-state index contributed by atoms with van der Waals surface area (Å²) in [5, 5.41) is 13.8. The van der Waals surface area contributed by atoms with Crippen molar-refractivity contribution in [1.82, 2.24) is 4.90 Å². The van der Waals surface area contributed by atoms with Gasteiger partial charge in [0.1, 0.15) is 28.4 Å². The normalized spacial score (nSPS) is 15.1. The van der Waals surface area contributed by atoms with Gasteiger partial charge < -0.3 is 19.0 Å². The Morgan fingerprint density at radius 2 is 1.76 bits per heavy atom. The predicted octanol–water partition coefficient (Wildman–Crippen LogP) is 5.97. The third-order valence-corrected chi connectivity index (χ3v) is 6.73. The molecular weight excluding hydrogens is 430 g/mol. The molecule has 6 nitrogen and oxygen atoms in total. The zero-order chi connectivity index (χ0) is 23.8. The Hall–Kier alpha value is -3.51. The first-order valence-corrected chi connectivity index (χ1v) is 11.8. The second-order valence-electron chi connectivity index (χ2n) is 8.68. The van der Waals surface area contributed by atoms with Gasteiger partial charge in [0.05, 0.1) is 19.8 Å². The average molecular weight is 460 g/mol. The van der Waals surface area contributed by atoms with Gasteiger partial charge in [-0.1, -0.05) is 36.4 Å². The highest BCUT2D eigenvalue weighted by atomic mass is 16.5. The van der Waals surface area contributed by atoms with Crippen molar-refractivity contribution in [2.24, 2.45) is 0 Å². The highest BCUT2D eigenvalue weighted by molar-refractivity contribution is 6.16. The number of aryl methyl sites for hydroxylation is 1. The summed E-state index contributed by atoms with van der Waals surface area (Å²) in [6.07, 6.45) is 2.17. The van der Waals surface area contributed by atoms with Crippen LogP contribution in [0.3, 0.4) is 0 Å². The van der Waals surface area contributed by atoms with Crippen LogP contribution >= 0.6 is 0 Å². The van der Waals surface area contributed by atoms with E-state index in [-0.39, 0.29) is 18.4 Å². The number of methoxy groups -OCH3 is 1. The molecule has 1 aromatic heterocycles. The van der Waals surface area contributed by atoms with Crippen molar-refractivity contribution < 1.29 is 23.8 Å². The minimum atomic E-state index is -0.440. The number of furan rings is 1.